The van der Waals surface area contributed by atoms with Crippen LogP contribution in [0, 0.1) is 5.41 Å². The van der Waals surface area contributed by atoms with Gasteiger partial charge in [-0.05, 0) is 19.8 Å². The molecule has 0 spiro atoms. The first kappa shape index (κ1) is 58.0. The van der Waals surface area contributed by atoms with Crippen LogP contribution in [-0.2, 0) is 60.2 Å². The van der Waals surface area contributed by atoms with Gasteiger partial charge in [-0.25, -0.2) is 28.6 Å². The number of anilines is 1. The number of aliphatic hydroxyl groups excluding tert-OH is 4. The number of rotatable bonds is 29. The standard InChI is InChI=1S/C36H62N7O21P3S/c1-21-22(44)16-23(45)35(61-21)58-14-9-7-5-4-6-8-10-26(47)68-15-13-38-25(46)11-12-39-33(50)30(49)36(2,3)18-60-67(56,57)64-66(54,55)59-17-24-29(63-65(51,52)53)28(48)34(62-24)43-20-42-27-31(37)40-19-41-32(27)43/h19-24,28-30,34-35,44-45,48-49H,4-18H2,1-3H3,(H,38,46)(H,39,50)(H,54,55)(H,56,57)(H2,37,40,41)(H2,51,52,53)/t21-,22+,23+,24+,28+,29+,30-,34+,35+/m0/s1. The molecule has 2 aliphatic rings. The Morgan fingerprint density at radius 2 is 1.60 bits per heavy atom. The van der Waals surface area contributed by atoms with Crippen molar-refractivity contribution in [3.63, 3.8) is 0 Å². The smallest absolute Gasteiger partial charge is 0.390 e. The zero-order valence-corrected chi connectivity index (χ0v) is 41.0. The Bertz CT molecular complexity index is 2120. The molecule has 11 atom stereocenters. The van der Waals surface area contributed by atoms with Gasteiger partial charge in [0.25, 0.3) is 0 Å². The lowest BCUT2D eigenvalue weighted by Gasteiger charge is -2.35. The van der Waals surface area contributed by atoms with Crippen LogP contribution in [0.15, 0.2) is 12.7 Å². The van der Waals surface area contributed by atoms with Crippen molar-refractivity contribution in [2.75, 3.05) is 44.4 Å². The molecule has 388 valence electrons. The molecule has 0 radical (unpaired) electrons. The number of nitrogens with one attached hydrogen (secondary N) is 2. The van der Waals surface area contributed by atoms with E-state index in [0.29, 0.717) is 18.8 Å². The average Bonchev–Trinajstić information content (AvgIpc) is 3.81. The van der Waals surface area contributed by atoms with Crippen molar-refractivity contribution in [1.82, 2.24) is 30.2 Å². The fourth-order valence-corrected chi connectivity index (χ4v) is 10.3. The number of hydrogen-bond acceptors (Lipinski definition) is 22. The highest BCUT2D eigenvalue weighted by Gasteiger charge is 2.50. The number of carbonyl (C=O) groups is 3. The Labute approximate surface area is 394 Å². The van der Waals surface area contributed by atoms with Gasteiger partial charge in [-0.3, -0.25) is 32.5 Å². The number of hydrogen-bond donors (Lipinski definition) is 11. The van der Waals surface area contributed by atoms with Crippen LogP contribution < -0.4 is 16.4 Å². The molecular formula is C36H62N7O21P3S. The summed E-state index contributed by atoms with van der Waals surface area (Å²) in [5.74, 6) is -1.15. The molecule has 2 aliphatic heterocycles. The molecule has 32 heteroatoms. The summed E-state index contributed by atoms with van der Waals surface area (Å²) >= 11 is 1.09. The second kappa shape index (κ2) is 26.2. The van der Waals surface area contributed by atoms with Crippen LogP contribution in [0.4, 0.5) is 5.82 Å². The van der Waals surface area contributed by atoms with E-state index >= 15 is 0 Å². The molecule has 12 N–H and O–H groups in total. The van der Waals surface area contributed by atoms with E-state index in [2.05, 4.69) is 34.4 Å². The van der Waals surface area contributed by atoms with Crippen LogP contribution in [0.5, 0.6) is 0 Å². The van der Waals surface area contributed by atoms with Gasteiger partial charge < -0.3 is 70.6 Å². The first-order chi connectivity index (χ1) is 31.8. The molecular weight excluding hydrogens is 991 g/mol. The largest absolute Gasteiger partial charge is 0.481 e. The minimum atomic E-state index is -5.59. The summed E-state index contributed by atoms with van der Waals surface area (Å²) in [5, 5.41) is 46.2. The van der Waals surface area contributed by atoms with Crippen molar-refractivity contribution in [2.24, 2.45) is 5.41 Å². The molecule has 0 aromatic carbocycles. The predicted molar refractivity (Wildman–Crippen MR) is 236 cm³/mol. The number of nitrogens with two attached hydrogens (primary N) is 1. The van der Waals surface area contributed by atoms with E-state index in [1.165, 1.54) is 13.8 Å². The van der Waals surface area contributed by atoms with Crippen LogP contribution in [-0.4, -0.2) is 164 Å². The third kappa shape index (κ3) is 18.5. The molecule has 0 bridgehead atoms. The zero-order valence-electron chi connectivity index (χ0n) is 37.5. The van der Waals surface area contributed by atoms with Gasteiger partial charge in [0, 0.05) is 50.1 Å². The van der Waals surface area contributed by atoms with Gasteiger partial charge in [-0.1, -0.05) is 51.3 Å². The van der Waals surface area contributed by atoms with Gasteiger partial charge in [0.15, 0.2) is 29.1 Å². The number of aromatic nitrogens is 4. The Kier molecular flexibility index (Phi) is 22.3. The molecule has 2 aromatic rings. The molecule has 0 saturated carbocycles. The lowest BCUT2D eigenvalue weighted by Crippen LogP contribution is -2.47. The number of nitrogen functional groups attached to an aromatic ring is 1. The highest BCUT2D eigenvalue weighted by Crippen LogP contribution is 2.61. The van der Waals surface area contributed by atoms with Gasteiger partial charge in [0.1, 0.15) is 42.4 Å². The van der Waals surface area contributed by atoms with Crippen molar-refractivity contribution in [2.45, 2.75) is 134 Å². The number of thioether (sulfide) groups is 1. The number of phosphoric ester groups is 3. The normalized spacial score (nSPS) is 25.7. The van der Waals surface area contributed by atoms with E-state index in [1.54, 1.807) is 6.92 Å². The van der Waals surface area contributed by atoms with Crippen molar-refractivity contribution in [3.05, 3.63) is 12.7 Å². The van der Waals surface area contributed by atoms with E-state index in [0.717, 1.165) is 67.5 Å². The van der Waals surface area contributed by atoms with E-state index < -0.39 is 109 Å². The van der Waals surface area contributed by atoms with E-state index in [4.69, 9.17) is 29.0 Å². The number of unbranched alkanes of at least 4 members (excludes halogenated alkanes) is 5. The predicted octanol–water partition coefficient (Wildman–Crippen LogP) is 0.269. The highest BCUT2D eigenvalue weighted by atomic mass is 32.2. The number of aliphatic hydroxyl groups is 4. The number of fused-ring (bicyclic) bond motifs is 1. The third-order valence-corrected chi connectivity index (χ3v) is 14.5. The molecule has 2 saturated heterocycles. The van der Waals surface area contributed by atoms with Gasteiger partial charge in [-0.2, -0.15) is 4.31 Å². The summed E-state index contributed by atoms with van der Waals surface area (Å²) in [6, 6.07) is 0. The van der Waals surface area contributed by atoms with E-state index in [1.807, 2.05) is 0 Å². The van der Waals surface area contributed by atoms with Gasteiger partial charge >= 0.3 is 23.5 Å². The van der Waals surface area contributed by atoms with Crippen molar-refractivity contribution < 1.29 is 100 Å². The molecule has 2 fully saturated rings. The number of carbonyl (C=O) groups excluding carboxylic acids is 3. The Morgan fingerprint density at radius 1 is 0.926 bits per heavy atom. The first-order valence-corrected chi connectivity index (χ1v) is 27.0. The van der Waals surface area contributed by atoms with Crippen molar-refractivity contribution in [1.29, 1.82) is 0 Å². The molecule has 2 amide bonds. The topological polar surface area (TPSA) is 423 Å². The maximum atomic E-state index is 12.7. The third-order valence-electron chi connectivity index (χ3n) is 10.5. The number of amides is 2. The van der Waals surface area contributed by atoms with Crippen LogP contribution in [0.1, 0.15) is 84.8 Å². The van der Waals surface area contributed by atoms with Gasteiger partial charge in [0.05, 0.1) is 31.7 Å². The minimum Gasteiger partial charge on any atom is -0.390 e. The zero-order chi connectivity index (χ0) is 50.5. The van der Waals surface area contributed by atoms with Gasteiger partial charge in [0.2, 0.25) is 11.8 Å². The molecule has 2 unspecified atom stereocenters. The monoisotopic (exact) mass is 1050 g/mol. The Balaban J connectivity index is 1.08. The summed E-state index contributed by atoms with van der Waals surface area (Å²) in [6.45, 7) is 2.60. The summed E-state index contributed by atoms with van der Waals surface area (Å²) in [5.41, 5.74) is 4.24. The summed E-state index contributed by atoms with van der Waals surface area (Å²) < 4.78 is 73.5. The summed E-state index contributed by atoms with van der Waals surface area (Å²) in [4.78, 5) is 88.3. The second-order valence-corrected chi connectivity index (χ2v) is 22.0. The van der Waals surface area contributed by atoms with Crippen molar-refractivity contribution >= 4 is 69.1 Å². The quantitative estimate of drug-likeness (QED) is 0.0385. The molecule has 4 heterocycles. The fourth-order valence-electron chi connectivity index (χ4n) is 6.74. The number of nitrogens with zero attached hydrogens (tertiary/aromatic N) is 4. The minimum absolute atomic E-state index is 0.00466. The lowest BCUT2D eigenvalue weighted by atomic mass is 9.87. The van der Waals surface area contributed by atoms with Crippen LogP contribution in [0.25, 0.3) is 11.2 Å². The highest BCUT2D eigenvalue weighted by molar-refractivity contribution is 8.13. The SMILES string of the molecule is C[C@@H]1O[C@@H](OCCCCCCCCC(=O)SCCNC(=O)CCNC(=O)[C@H](O)C(C)(C)COP(=O)(O)OP(=O)(O)OC[C@H]2O[C@@H](n3cnc4c(N)ncnc43)[C@H](O)[C@@H]2OP(=O)(O)O)[C@H](O)C[C@H]1O. The summed E-state index contributed by atoms with van der Waals surface area (Å²) in [6.07, 6.45) is -3.85. The maximum absolute atomic E-state index is 12.7. The lowest BCUT2D eigenvalue weighted by molar-refractivity contribution is -0.261. The first-order valence-electron chi connectivity index (χ1n) is 21.5. The second-order valence-electron chi connectivity index (χ2n) is 16.6. The summed E-state index contributed by atoms with van der Waals surface area (Å²) in [7, 11) is -16.4. The van der Waals surface area contributed by atoms with E-state index in [9.17, 15) is 68.1 Å². The number of ether oxygens (including phenoxy) is 3. The Hall–Kier alpha value is -2.60. The van der Waals surface area contributed by atoms with Crippen LogP contribution in [0.3, 0.4) is 0 Å². The number of imidazole rings is 1. The van der Waals surface area contributed by atoms with E-state index in [-0.39, 0.29) is 48.0 Å². The average molecular weight is 1050 g/mol. The van der Waals surface area contributed by atoms with Crippen LogP contribution >= 0.6 is 35.2 Å². The molecule has 68 heavy (non-hydrogen) atoms. The molecule has 28 nitrogen and oxygen atoms in total. The molecule has 0 aliphatic carbocycles. The van der Waals surface area contributed by atoms with Gasteiger partial charge in [-0.15, -0.1) is 0 Å². The van der Waals surface area contributed by atoms with Crippen LogP contribution in [0.2, 0.25) is 0 Å². The van der Waals surface area contributed by atoms with Crippen molar-refractivity contribution in [3.8, 4) is 0 Å². The molecule has 4 rings (SSSR count). The Morgan fingerprint density at radius 3 is 2.31 bits per heavy atom. The fraction of sp³-hybridized carbons (Fsp3) is 0.778. The molecule has 2 aromatic heterocycles. The maximum Gasteiger partial charge on any atom is 0.481 e. The number of phosphoric acid groups is 3.